The lowest BCUT2D eigenvalue weighted by atomic mass is 10.8. The van der Waals surface area contributed by atoms with Gasteiger partial charge in [0.25, 0.3) is 0 Å². The molecule has 2 heterocycles. The number of rotatable bonds is 1. The molecule has 0 radical (unpaired) electrons. The first-order valence-corrected chi connectivity index (χ1v) is 3.59. The van der Waals surface area contributed by atoms with Gasteiger partial charge in [0.15, 0.2) is 0 Å². The molecule has 14 heavy (non-hydrogen) atoms. The van der Waals surface area contributed by atoms with Crippen molar-refractivity contribution >= 4 is 0 Å². The lowest BCUT2D eigenvalue weighted by molar-refractivity contribution is 0.456. The molecule has 0 spiro atoms. The summed E-state index contributed by atoms with van der Waals surface area (Å²) < 4.78 is 0.959. The number of H-pyrrole nitrogens is 2. The van der Waals surface area contributed by atoms with Gasteiger partial charge < -0.3 is 5.11 Å². The van der Waals surface area contributed by atoms with Crippen molar-refractivity contribution in [1.29, 1.82) is 0 Å². The van der Waals surface area contributed by atoms with Crippen LogP contribution in [-0.2, 0) is 0 Å². The fraction of sp³-hybridized carbons (Fsp3) is 0. The van der Waals surface area contributed by atoms with Crippen molar-refractivity contribution in [2.75, 3.05) is 0 Å². The van der Waals surface area contributed by atoms with Gasteiger partial charge in [-0.3, -0.25) is 9.97 Å². The third-order valence-electron chi connectivity index (χ3n) is 1.50. The Balaban J connectivity index is 2.63. The number of aromatic nitrogens is 5. The van der Waals surface area contributed by atoms with Crippen molar-refractivity contribution in [1.82, 2.24) is 24.5 Å². The van der Waals surface area contributed by atoms with Gasteiger partial charge in [-0.05, 0) is 0 Å². The molecule has 0 aliphatic heterocycles. The van der Waals surface area contributed by atoms with Crippen molar-refractivity contribution < 1.29 is 5.11 Å². The summed E-state index contributed by atoms with van der Waals surface area (Å²) in [6.45, 7) is 0. The van der Waals surface area contributed by atoms with Crippen LogP contribution >= 0.6 is 0 Å². The molecule has 0 aromatic carbocycles. The van der Waals surface area contributed by atoms with E-state index in [0.29, 0.717) is 0 Å². The van der Waals surface area contributed by atoms with Gasteiger partial charge in [0, 0.05) is 0 Å². The Bertz CT molecular complexity index is 565. The molecule has 8 nitrogen and oxygen atoms in total. The molecule has 0 saturated heterocycles. The van der Waals surface area contributed by atoms with Crippen LogP contribution in [0.15, 0.2) is 22.1 Å². The minimum Gasteiger partial charge on any atom is -0.493 e. The molecule has 8 heteroatoms. The molecular formula is C6H5N5O3. The van der Waals surface area contributed by atoms with Gasteiger partial charge in [-0.15, -0.1) is 0 Å². The van der Waals surface area contributed by atoms with E-state index >= 15 is 0 Å². The third kappa shape index (κ3) is 1.28. The molecule has 3 N–H and O–H groups in total. The highest BCUT2D eigenvalue weighted by Crippen LogP contribution is 2.04. The van der Waals surface area contributed by atoms with E-state index < -0.39 is 11.4 Å². The first-order chi connectivity index (χ1) is 6.66. The number of nitrogens with one attached hydrogen (secondary N) is 2. The molecule has 0 bridgehead atoms. The van der Waals surface area contributed by atoms with E-state index in [-0.39, 0.29) is 11.8 Å². The lowest BCUT2D eigenvalue weighted by Gasteiger charge is -1.96. The summed E-state index contributed by atoms with van der Waals surface area (Å²) in [6, 6.07) is 0. The fourth-order valence-corrected chi connectivity index (χ4v) is 0.921. The highest BCUT2D eigenvalue weighted by Gasteiger charge is 2.04. The Hall–Kier alpha value is -2.38. The zero-order valence-electron chi connectivity index (χ0n) is 6.76. The van der Waals surface area contributed by atoms with E-state index in [4.69, 9.17) is 5.11 Å². The number of hydrogen-bond acceptors (Lipinski definition) is 5. The molecule has 2 rings (SSSR count). The Labute approximate surface area is 75.9 Å². The first-order valence-electron chi connectivity index (χ1n) is 3.59. The van der Waals surface area contributed by atoms with Crippen LogP contribution in [0.3, 0.4) is 0 Å². The van der Waals surface area contributed by atoms with Gasteiger partial charge in [0.1, 0.15) is 6.33 Å². The summed E-state index contributed by atoms with van der Waals surface area (Å²) in [4.78, 5) is 33.1. The average molecular weight is 195 g/mol. The smallest absolute Gasteiger partial charge is 0.350 e. The van der Waals surface area contributed by atoms with Gasteiger partial charge in [-0.25, -0.2) is 19.1 Å². The van der Waals surface area contributed by atoms with Crippen molar-refractivity contribution in [2.24, 2.45) is 0 Å². The van der Waals surface area contributed by atoms with E-state index in [1.165, 1.54) is 0 Å². The van der Waals surface area contributed by atoms with Crippen LogP contribution in [0.4, 0.5) is 0 Å². The van der Waals surface area contributed by atoms with Crippen LogP contribution in [0.1, 0.15) is 0 Å². The molecule has 0 unspecified atom stereocenters. The first kappa shape index (κ1) is 8.23. The van der Waals surface area contributed by atoms with E-state index in [9.17, 15) is 9.59 Å². The number of hydrogen-bond donors (Lipinski definition) is 3. The predicted octanol–water partition coefficient (Wildman–Crippen LogP) is -1.65. The van der Waals surface area contributed by atoms with Crippen LogP contribution in [0.5, 0.6) is 5.88 Å². The van der Waals surface area contributed by atoms with Crippen molar-refractivity contribution in [3.05, 3.63) is 33.5 Å². The van der Waals surface area contributed by atoms with Crippen LogP contribution < -0.4 is 11.4 Å². The molecular weight excluding hydrogens is 190 g/mol. The monoisotopic (exact) mass is 195 g/mol. The average Bonchev–Trinajstić information content (AvgIpc) is 2.51. The standard InChI is InChI=1S/C6H5N5O3/c12-3-1-7-4(9-3)11-2-8-5(13)10-6(11)14/h1-2,12H,(H,7,9)(H,10,13,14). The van der Waals surface area contributed by atoms with Crippen molar-refractivity contribution in [3.8, 4) is 11.8 Å². The molecule has 2 aromatic heterocycles. The van der Waals surface area contributed by atoms with Crippen molar-refractivity contribution in [3.63, 3.8) is 0 Å². The van der Waals surface area contributed by atoms with Crippen molar-refractivity contribution in [2.45, 2.75) is 0 Å². The maximum absolute atomic E-state index is 11.2. The maximum atomic E-state index is 11.2. The predicted molar refractivity (Wildman–Crippen MR) is 44.3 cm³/mol. The summed E-state index contributed by atoms with van der Waals surface area (Å²) in [7, 11) is 0. The normalized spacial score (nSPS) is 10.3. The summed E-state index contributed by atoms with van der Waals surface area (Å²) in [5, 5.41) is 8.93. The maximum Gasteiger partial charge on any atom is 0.350 e. The quantitative estimate of drug-likeness (QED) is 0.504. The van der Waals surface area contributed by atoms with Crippen LogP contribution in [-0.4, -0.2) is 29.6 Å². The van der Waals surface area contributed by atoms with Crippen LogP contribution in [0.2, 0.25) is 0 Å². The van der Waals surface area contributed by atoms with Gasteiger partial charge in [0.05, 0.1) is 6.20 Å². The molecule has 2 aromatic rings. The summed E-state index contributed by atoms with van der Waals surface area (Å²) in [6.07, 6.45) is 2.15. The zero-order chi connectivity index (χ0) is 10.1. The Morgan fingerprint density at radius 3 is 2.64 bits per heavy atom. The minimum atomic E-state index is -0.734. The Morgan fingerprint density at radius 1 is 1.29 bits per heavy atom. The fourth-order valence-electron chi connectivity index (χ4n) is 0.921. The Morgan fingerprint density at radius 2 is 2.07 bits per heavy atom. The highest BCUT2D eigenvalue weighted by atomic mass is 16.3. The topological polar surface area (TPSA) is 117 Å². The summed E-state index contributed by atoms with van der Waals surface area (Å²) in [5.74, 6) is -0.102. The summed E-state index contributed by atoms with van der Waals surface area (Å²) >= 11 is 0. The number of aromatic hydroxyl groups is 1. The van der Waals surface area contributed by atoms with Gasteiger partial charge in [-0.2, -0.15) is 4.98 Å². The van der Waals surface area contributed by atoms with Gasteiger partial charge in [-0.1, -0.05) is 0 Å². The third-order valence-corrected chi connectivity index (χ3v) is 1.50. The largest absolute Gasteiger partial charge is 0.493 e. The molecule has 0 aliphatic carbocycles. The van der Waals surface area contributed by atoms with Crippen LogP contribution in [0, 0.1) is 0 Å². The van der Waals surface area contributed by atoms with E-state index in [1.54, 1.807) is 0 Å². The molecule has 0 atom stereocenters. The molecule has 0 aliphatic rings. The zero-order valence-corrected chi connectivity index (χ0v) is 6.76. The van der Waals surface area contributed by atoms with E-state index in [0.717, 1.165) is 17.1 Å². The minimum absolute atomic E-state index is 0.0799. The number of imidazole rings is 1. The highest BCUT2D eigenvalue weighted by molar-refractivity contribution is 5.16. The van der Waals surface area contributed by atoms with E-state index in [1.807, 2.05) is 4.98 Å². The van der Waals surface area contributed by atoms with Gasteiger partial charge >= 0.3 is 11.4 Å². The van der Waals surface area contributed by atoms with Gasteiger partial charge in [0.2, 0.25) is 11.8 Å². The second-order valence-corrected chi connectivity index (χ2v) is 2.44. The Kier molecular flexibility index (Phi) is 1.67. The molecule has 72 valence electrons. The second-order valence-electron chi connectivity index (χ2n) is 2.44. The molecule has 0 saturated carbocycles. The van der Waals surface area contributed by atoms with E-state index in [2.05, 4.69) is 15.0 Å². The molecule has 0 amide bonds. The summed E-state index contributed by atoms with van der Waals surface area (Å²) in [5.41, 5.74) is -1.42. The molecule has 0 fully saturated rings. The number of aromatic amines is 2. The second kappa shape index (κ2) is 2.83. The lowest BCUT2D eigenvalue weighted by Crippen LogP contribution is -2.30. The number of nitrogens with zero attached hydrogens (tertiary/aromatic N) is 3. The SMILES string of the molecule is O=c1ncn(-c2ncc(O)[nH]2)c(=O)[nH]1. The van der Waals surface area contributed by atoms with Crippen LogP contribution in [0.25, 0.3) is 5.95 Å².